The van der Waals surface area contributed by atoms with Gasteiger partial charge in [0, 0.05) is 25.2 Å². The fourth-order valence-electron chi connectivity index (χ4n) is 2.85. The number of aryl methyl sites for hydroxylation is 1. The highest BCUT2D eigenvalue weighted by Gasteiger charge is 2.23. The van der Waals surface area contributed by atoms with E-state index in [2.05, 4.69) is 28.9 Å². The second kappa shape index (κ2) is 7.39. The third-order valence-corrected chi connectivity index (χ3v) is 4.10. The van der Waals surface area contributed by atoms with E-state index in [0.717, 1.165) is 38.0 Å². The lowest BCUT2D eigenvalue weighted by Gasteiger charge is -2.35. The summed E-state index contributed by atoms with van der Waals surface area (Å²) in [6.45, 7) is 4.03. The molecule has 0 aliphatic carbocycles. The van der Waals surface area contributed by atoms with Crippen LogP contribution in [0.15, 0.2) is 18.3 Å². The molecule has 0 saturated carbocycles. The molecule has 1 fully saturated rings. The number of pyridine rings is 1. The second-order valence-corrected chi connectivity index (χ2v) is 5.56. The summed E-state index contributed by atoms with van der Waals surface area (Å²) in [6.07, 6.45) is 7.51. The zero-order valence-electron chi connectivity index (χ0n) is 12.2. The van der Waals surface area contributed by atoms with E-state index in [0.29, 0.717) is 6.04 Å². The first-order valence-corrected chi connectivity index (χ1v) is 7.58. The van der Waals surface area contributed by atoms with Crippen molar-refractivity contribution >= 4 is 5.97 Å². The molecule has 1 aliphatic heterocycles. The van der Waals surface area contributed by atoms with Crippen LogP contribution in [0.2, 0.25) is 0 Å². The summed E-state index contributed by atoms with van der Waals surface area (Å²) in [7, 11) is 0. The van der Waals surface area contributed by atoms with Gasteiger partial charge in [-0.1, -0.05) is 19.4 Å². The minimum absolute atomic E-state index is 0.267. The largest absolute Gasteiger partial charge is 0.481 e. The molecule has 2 heterocycles. The van der Waals surface area contributed by atoms with Gasteiger partial charge in [-0.15, -0.1) is 0 Å². The van der Waals surface area contributed by atoms with Crippen LogP contribution in [0.25, 0.3) is 0 Å². The van der Waals surface area contributed by atoms with Gasteiger partial charge in [-0.2, -0.15) is 0 Å². The highest BCUT2D eigenvalue weighted by Crippen LogP contribution is 2.22. The maximum absolute atomic E-state index is 10.7. The van der Waals surface area contributed by atoms with Crippen LogP contribution < -0.4 is 0 Å². The molecule has 2 rings (SSSR count). The van der Waals surface area contributed by atoms with Gasteiger partial charge in [0.2, 0.25) is 0 Å². The van der Waals surface area contributed by atoms with E-state index in [1.807, 2.05) is 6.20 Å². The molecule has 1 aromatic rings. The molecule has 1 N–H and O–H groups in total. The number of hydrogen-bond acceptors (Lipinski definition) is 3. The molecule has 110 valence electrons. The van der Waals surface area contributed by atoms with Gasteiger partial charge in [0.15, 0.2) is 0 Å². The van der Waals surface area contributed by atoms with Crippen LogP contribution in [0.4, 0.5) is 0 Å². The maximum atomic E-state index is 10.7. The van der Waals surface area contributed by atoms with E-state index < -0.39 is 5.97 Å². The van der Waals surface area contributed by atoms with Gasteiger partial charge in [-0.3, -0.25) is 14.7 Å². The minimum atomic E-state index is -0.694. The topological polar surface area (TPSA) is 53.4 Å². The van der Waals surface area contributed by atoms with Crippen molar-refractivity contribution in [3.8, 4) is 0 Å². The number of aliphatic carboxylic acids is 1. The first kappa shape index (κ1) is 15.0. The molecule has 0 bridgehead atoms. The van der Waals surface area contributed by atoms with E-state index >= 15 is 0 Å². The van der Waals surface area contributed by atoms with Crippen LogP contribution in [0.1, 0.15) is 50.3 Å². The highest BCUT2D eigenvalue weighted by atomic mass is 16.4. The number of nitrogens with zero attached hydrogens (tertiary/aromatic N) is 2. The minimum Gasteiger partial charge on any atom is -0.481 e. The monoisotopic (exact) mass is 276 g/mol. The van der Waals surface area contributed by atoms with Gasteiger partial charge in [0.25, 0.3) is 0 Å². The molecule has 0 unspecified atom stereocenters. The maximum Gasteiger partial charge on any atom is 0.303 e. The van der Waals surface area contributed by atoms with Crippen molar-refractivity contribution in [2.45, 2.75) is 58.0 Å². The number of carbonyl (C=O) groups is 1. The third-order valence-electron chi connectivity index (χ3n) is 4.10. The van der Waals surface area contributed by atoms with Crippen molar-refractivity contribution < 1.29 is 9.90 Å². The average Bonchev–Trinajstić information content (AvgIpc) is 2.47. The van der Waals surface area contributed by atoms with Crippen LogP contribution in [-0.4, -0.2) is 33.5 Å². The Bertz CT molecular complexity index is 431. The first-order chi connectivity index (χ1) is 9.69. The van der Waals surface area contributed by atoms with Gasteiger partial charge in [-0.25, -0.2) is 0 Å². The molecule has 1 atom stereocenters. The zero-order chi connectivity index (χ0) is 14.4. The molecule has 4 nitrogen and oxygen atoms in total. The van der Waals surface area contributed by atoms with Gasteiger partial charge in [0.05, 0.1) is 5.69 Å². The number of carboxylic acid groups (broad SMARTS) is 1. The summed E-state index contributed by atoms with van der Waals surface area (Å²) in [6, 6.07) is 4.63. The summed E-state index contributed by atoms with van der Waals surface area (Å²) in [4.78, 5) is 17.7. The van der Waals surface area contributed by atoms with Crippen molar-refractivity contribution in [1.82, 2.24) is 9.88 Å². The molecular formula is C16H24N2O2. The SMILES string of the molecule is CCc1ccc(CN2CCCC[C@H]2CCC(=O)O)nc1. The van der Waals surface area contributed by atoms with E-state index in [1.54, 1.807) is 0 Å². The molecule has 0 aromatic carbocycles. The Morgan fingerprint density at radius 2 is 2.30 bits per heavy atom. The predicted octanol–water partition coefficient (Wildman–Crippen LogP) is 2.86. The number of hydrogen-bond donors (Lipinski definition) is 1. The fourth-order valence-corrected chi connectivity index (χ4v) is 2.85. The van der Waals surface area contributed by atoms with Crippen molar-refractivity contribution in [2.75, 3.05) is 6.54 Å². The van der Waals surface area contributed by atoms with Crippen LogP contribution in [0.5, 0.6) is 0 Å². The Kier molecular flexibility index (Phi) is 5.53. The lowest BCUT2D eigenvalue weighted by molar-refractivity contribution is -0.137. The Balaban J connectivity index is 1.94. The predicted molar refractivity (Wildman–Crippen MR) is 78.5 cm³/mol. The highest BCUT2D eigenvalue weighted by molar-refractivity contribution is 5.66. The molecular weight excluding hydrogens is 252 g/mol. The second-order valence-electron chi connectivity index (χ2n) is 5.56. The number of piperidine rings is 1. The summed E-state index contributed by atoms with van der Waals surface area (Å²) < 4.78 is 0. The van der Waals surface area contributed by atoms with Crippen LogP contribution in [-0.2, 0) is 17.8 Å². The first-order valence-electron chi connectivity index (χ1n) is 7.58. The Morgan fingerprint density at radius 3 is 2.95 bits per heavy atom. The lowest BCUT2D eigenvalue weighted by Crippen LogP contribution is -2.39. The summed E-state index contributed by atoms with van der Waals surface area (Å²) >= 11 is 0. The van der Waals surface area contributed by atoms with Crippen LogP contribution in [0, 0.1) is 0 Å². The Morgan fingerprint density at radius 1 is 1.45 bits per heavy atom. The van der Waals surface area contributed by atoms with E-state index in [1.165, 1.54) is 18.4 Å². The lowest BCUT2D eigenvalue weighted by atomic mass is 9.97. The Labute approximate surface area is 120 Å². The number of rotatable bonds is 6. The molecule has 1 aromatic heterocycles. The molecule has 0 radical (unpaired) electrons. The van der Waals surface area contributed by atoms with E-state index in [4.69, 9.17) is 5.11 Å². The van der Waals surface area contributed by atoms with Gasteiger partial charge >= 0.3 is 5.97 Å². The van der Waals surface area contributed by atoms with E-state index in [9.17, 15) is 4.79 Å². The quantitative estimate of drug-likeness (QED) is 0.868. The van der Waals surface area contributed by atoms with Gasteiger partial charge < -0.3 is 5.11 Å². The number of aromatic nitrogens is 1. The molecule has 0 spiro atoms. The molecule has 1 saturated heterocycles. The van der Waals surface area contributed by atoms with E-state index in [-0.39, 0.29) is 6.42 Å². The summed E-state index contributed by atoms with van der Waals surface area (Å²) in [5.41, 5.74) is 2.35. The van der Waals surface area contributed by atoms with Crippen molar-refractivity contribution in [1.29, 1.82) is 0 Å². The fraction of sp³-hybridized carbons (Fsp3) is 0.625. The van der Waals surface area contributed by atoms with Gasteiger partial charge in [-0.05, 0) is 43.9 Å². The molecule has 1 aliphatic rings. The number of carboxylic acids is 1. The van der Waals surface area contributed by atoms with Gasteiger partial charge in [0.1, 0.15) is 0 Å². The summed E-state index contributed by atoms with van der Waals surface area (Å²) in [5, 5.41) is 8.85. The average molecular weight is 276 g/mol. The van der Waals surface area contributed by atoms with Crippen LogP contribution in [0.3, 0.4) is 0 Å². The van der Waals surface area contributed by atoms with Crippen LogP contribution >= 0.6 is 0 Å². The normalized spacial score (nSPS) is 19.9. The zero-order valence-corrected chi connectivity index (χ0v) is 12.2. The summed E-state index contributed by atoms with van der Waals surface area (Å²) in [5.74, 6) is -0.694. The molecule has 4 heteroatoms. The van der Waals surface area contributed by atoms with Crippen molar-refractivity contribution in [3.63, 3.8) is 0 Å². The molecule has 0 amide bonds. The number of likely N-dealkylation sites (tertiary alicyclic amines) is 1. The van der Waals surface area contributed by atoms with Crippen molar-refractivity contribution in [3.05, 3.63) is 29.6 Å². The molecule has 20 heavy (non-hydrogen) atoms. The standard InChI is InChI=1S/C16H24N2O2/c1-2-13-6-7-14(17-11-13)12-18-10-4-3-5-15(18)8-9-16(19)20/h6-7,11,15H,2-5,8-10,12H2,1H3,(H,19,20)/t15-/m0/s1. The smallest absolute Gasteiger partial charge is 0.303 e. The Hall–Kier alpha value is -1.42. The third kappa shape index (κ3) is 4.30. The van der Waals surface area contributed by atoms with Crippen molar-refractivity contribution in [2.24, 2.45) is 0 Å².